The van der Waals surface area contributed by atoms with Crippen molar-refractivity contribution in [1.82, 2.24) is 4.90 Å². The Morgan fingerprint density at radius 3 is 3.00 bits per heavy atom. The summed E-state index contributed by atoms with van der Waals surface area (Å²) in [4.78, 5) is 13.0. The predicted octanol–water partition coefficient (Wildman–Crippen LogP) is 1.73. The molecule has 1 amide bonds. The van der Waals surface area contributed by atoms with Crippen LogP contribution in [0.3, 0.4) is 0 Å². The molecule has 0 aromatic heterocycles. The number of likely N-dealkylation sites (tertiary alicyclic amines) is 1. The van der Waals surface area contributed by atoms with Gasteiger partial charge in [0.25, 0.3) is 0 Å². The minimum atomic E-state index is -0.525. The van der Waals surface area contributed by atoms with E-state index in [9.17, 15) is 9.18 Å². The monoisotopic (exact) mass is 247 g/mol. The number of carbonyl (C=O) groups is 1. The Balaban J connectivity index is 2.13. The van der Waals surface area contributed by atoms with E-state index in [2.05, 4.69) is 5.32 Å². The van der Waals surface area contributed by atoms with Crippen molar-refractivity contribution < 1.29 is 9.18 Å². The van der Waals surface area contributed by atoms with Crippen LogP contribution in [0.15, 0.2) is 18.2 Å². The van der Waals surface area contributed by atoms with E-state index in [4.69, 9.17) is 5.26 Å². The van der Waals surface area contributed by atoms with Gasteiger partial charge in [-0.15, -0.1) is 0 Å². The molecular weight excluding hydrogens is 233 g/mol. The van der Waals surface area contributed by atoms with Gasteiger partial charge in [0, 0.05) is 26.1 Å². The maximum absolute atomic E-state index is 13.4. The lowest BCUT2D eigenvalue weighted by molar-refractivity contribution is -0.132. The van der Waals surface area contributed by atoms with Crippen LogP contribution in [0, 0.1) is 17.1 Å². The number of anilines is 1. The Hall–Kier alpha value is -2.09. The summed E-state index contributed by atoms with van der Waals surface area (Å²) >= 11 is 0. The lowest BCUT2D eigenvalue weighted by atomic mass is 10.0. The lowest BCUT2D eigenvalue weighted by Crippen LogP contribution is -2.43. The van der Waals surface area contributed by atoms with Crippen molar-refractivity contribution in [3.63, 3.8) is 0 Å². The highest BCUT2D eigenvalue weighted by molar-refractivity contribution is 5.77. The third-order valence-electron chi connectivity index (χ3n) is 3.11. The van der Waals surface area contributed by atoms with Crippen molar-refractivity contribution in [1.29, 1.82) is 5.26 Å². The Bertz CT molecular complexity index is 509. The number of hydrogen-bond donors (Lipinski definition) is 1. The Morgan fingerprint density at radius 2 is 2.33 bits per heavy atom. The standard InChI is InChI=1S/C13H14FN3O/c1-17-8-9(5-6-13(17)18)16-12-4-2-3-11(14)10(12)7-15/h2-4,9,16H,5-6,8H2,1H3. The summed E-state index contributed by atoms with van der Waals surface area (Å²) in [5.74, 6) is -0.407. The summed E-state index contributed by atoms with van der Waals surface area (Å²) in [6.07, 6.45) is 1.18. The van der Waals surface area contributed by atoms with Gasteiger partial charge in [-0.2, -0.15) is 5.26 Å². The van der Waals surface area contributed by atoms with Crippen LogP contribution in [-0.4, -0.2) is 30.4 Å². The van der Waals surface area contributed by atoms with E-state index in [1.54, 1.807) is 24.1 Å². The van der Waals surface area contributed by atoms with E-state index < -0.39 is 5.82 Å². The molecule has 94 valence electrons. The average molecular weight is 247 g/mol. The molecule has 1 atom stereocenters. The van der Waals surface area contributed by atoms with Crippen molar-refractivity contribution in [2.45, 2.75) is 18.9 Å². The smallest absolute Gasteiger partial charge is 0.222 e. The van der Waals surface area contributed by atoms with Gasteiger partial charge in [0.05, 0.1) is 5.69 Å². The van der Waals surface area contributed by atoms with Crippen molar-refractivity contribution in [2.24, 2.45) is 0 Å². The van der Waals surface area contributed by atoms with Crippen LogP contribution in [0.4, 0.5) is 10.1 Å². The van der Waals surface area contributed by atoms with Crippen LogP contribution < -0.4 is 5.32 Å². The highest BCUT2D eigenvalue weighted by Gasteiger charge is 2.23. The van der Waals surface area contributed by atoms with E-state index in [1.165, 1.54) is 6.07 Å². The van der Waals surface area contributed by atoms with Gasteiger partial charge in [0.15, 0.2) is 0 Å². The first-order valence-electron chi connectivity index (χ1n) is 5.81. The summed E-state index contributed by atoms with van der Waals surface area (Å²) < 4.78 is 13.4. The summed E-state index contributed by atoms with van der Waals surface area (Å²) in [7, 11) is 1.74. The molecule has 1 unspecified atom stereocenters. The van der Waals surface area contributed by atoms with Crippen LogP contribution in [-0.2, 0) is 4.79 Å². The number of nitriles is 1. The molecule has 1 heterocycles. The van der Waals surface area contributed by atoms with Gasteiger partial charge < -0.3 is 10.2 Å². The van der Waals surface area contributed by atoms with Crippen molar-refractivity contribution in [3.8, 4) is 6.07 Å². The van der Waals surface area contributed by atoms with Crippen molar-refractivity contribution in [3.05, 3.63) is 29.6 Å². The number of rotatable bonds is 2. The average Bonchev–Trinajstić information content (AvgIpc) is 2.34. The summed E-state index contributed by atoms with van der Waals surface area (Å²) in [5.41, 5.74) is 0.516. The molecule has 4 nitrogen and oxygen atoms in total. The van der Waals surface area contributed by atoms with Crippen LogP contribution in [0.1, 0.15) is 18.4 Å². The molecule has 0 bridgehead atoms. The molecule has 1 aliphatic rings. The van der Waals surface area contributed by atoms with Crippen LogP contribution in [0.5, 0.6) is 0 Å². The second kappa shape index (κ2) is 5.05. The molecular formula is C13H14FN3O. The molecule has 0 aliphatic carbocycles. The minimum absolute atomic E-state index is 0.0250. The molecule has 2 rings (SSSR count). The summed E-state index contributed by atoms with van der Waals surface area (Å²) in [6, 6.07) is 6.42. The molecule has 1 aliphatic heterocycles. The number of nitrogens with zero attached hydrogens (tertiary/aromatic N) is 2. The molecule has 5 heteroatoms. The zero-order chi connectivity index (χ0) is 13.1. The molecule has 0 spiro atoms. The lowest BCUT2D eigenvalue weighted by Gasteiger charge is -2.31. The number of amides is 1. The van der Waals surface area contributed by atoms with Gasteiger partial charge in [-0.25, -0.2) is 4.39 Å². The maximum Gasteiger partial charge on any atom is 0.222 e. The number of hydrogen-bond acceptors (Lipinski definition) is 3. The highest BCUT2D eigenvalue weighted by atomic mass is 19.1. The van der Waals surface area contributed by atoms with Crippen LogP contribution >= 0.6 is 0 Å². The van der Waals surface area contributed by atoms with Crippen molar-refractivity contribution >= 4 is 11.6 Å². The van der Waals surface area contributed by atoms with Gasteiger partial charge in [-0.3, -0.25) is 4.79 Å². The van der Waals surface area contributed by atoms with Gasteiger partial charge in [-0.1, -0.05) is 6.07 Å². The van der Waals surface area contributed by atoms with Crippen molar-refractivity contribution in [2.75, 3.05) is 18.9 Å². The Labute approximate surface area is 105 Å². The van der Waals surface area contributed by atoms with Gasteiger partial charge in [0.1, 0.15) is 17.4 Å². The quantitative estimate of drug-likeness (QED) is 0.865. The van der Waals surface area contributed by atoms with Crippen LogP contribution in [0.25, 0.3) is 0 Å². The Morgan fingerprint density at radius 1 is 1.56 bits per heavy atom. The number of likely N-dealkylation sites (N-methyl/N-ethyl adjacent to an activating group) is 1. The van der Waals surface area contributed by atoms with E-state index in [0.29, 0.717) is 25.1 Å². The number of piperidine rings is 1. The largest absolute Gasteiger partial charge is 0.379 e. The first-order valence-corrected chi connectivity index (χ1v) is 5.81. The van der Waals surface area contributed by atoms with E-state index >= 15 is 0 Å². The topological polar surface area (TPSA) is 56.1 Å². The second-order valence-electron chi connectivity index (χ2n) is 4.43. The fourth-order valence-electron chi connectivity index (χ4n) is 2.11. The number of carbonyl (C=O) groups excluding carboxylic acids is 1. The van der Waals surface area contributed by atoms with E-state index in [0.717, 1.165) is 0 Å². The molecule has 0 radical (unpaired) electrons. The number of nitrogens with one attached hydrogen (secondary N) is 1. The van der Waals surface area contributed by atoms with Gasteiger partial charge >= 0.3 is 0 Å². The molecule has 1 aromatic carbocycles. The zero-order valence-corrected chi connectivity index (χ0v) is 10.1. The Kier molecular flexibility index (Phi) is 3.47. The maximum atomic E-state index is 13.4. The second-order valence-corrected chi connectivity index (χ2v) is 4.43. The van der Waals surface area contributed by atoms with E-state index in [-0.39, 0.29) is 17.5 Å². The molecule has 1 N–H and O–H groups in total. The molecule has 1 fully saturated rings. The van der Waals surface area contributed by atoms with Gasteiger partial charge in [0.2, 0.25) is 5.91 Å². The molecule has 1 saturated heterocycles. The summed E-state index contributed by atoms with van der Waals surface area (Å²) in [6.45, 7) is 0.570. The predicted molar refractivity (Wildman–Crippen MR) is 65.4 cm³/mol. The minimum Gasteiger partial charge on any atom is -0.379 e. The SMILES string of the molecule is CN1CC(Nc2cccc(F)c2C#N)CCC1=O. The van der Waals surface area contributed by atoms with Crippen LogP contribution in [0.2, 0.25) is 0 Å². The van der Waals surface area contributed by atoms with E-state index in [1.807, 2.05) is 6.07 Å². The van der Waals surface area contributed by atoms with Gasteiger partial charge in [-0.05, 0) is 18.6 Å². The fraction of sp³-hybridized carbons (Fsp3) is 0.385. The number of halogens is 1. The first kappa shape index (κ1) is 12.4. The molecule has 0 saturated carbocycles. The summed E-state index contributed by atoms with van der Waals surface area (Å²) in [5, 5.41) is 12.1. The highest BCUT2D eigenvalue weighted by Crippen LogP contribution is 2.21. The third-order valence-corrected chi connectivity index (χ3v) is 3.11. The molecule has 1 aromatic rings. The zero-order valence-electron chi connectivity index (χ0n) is 10.1. The molecule has 18 heavy (non-hydrogen) atoms. The first-order chi connectivity index (χ1) is 8.61. The third kappa shape index (κ3) is 2.43. The normalized spacial score (nSPS) is 19.5. The fourth-order valence-corrected chi connectivity index (χ4v) is 2.11. The number of benzene rings is 1.